The first-order valence-electron chi connectivity index (χ1n) is 5.81. The van der Waals surface area contributed by atoms with Gasteiger partial charge in [0.25, 0.3) is 0 Å². The summed E-state index contributed by atoms with van der Waals surface area (Å²) in [5.74, 6) is 2.63. The van der Waals surface area contributed by atoms with Gasteiger partial charge in [-0.1, -0.05) is 12.7 Å². The molecular weight excluding hydrogens is 188 g/mol. The van der Waals surface area contributed by atoms with E-state index in [0.717, 1.165) is 11.8 Å². The van der Waals surface area contributed by atoms with E-state index in [2.05, 4.69) is 18.7 Å². The van der Waals surface area contributed by atoms with Crippen LogP contribution in [-0.2, 0) is 9.53 Å². The zero-order valence-electron chi connectivity index (χ0n) is 8.76. The van der Waals surface area contributed by atoms with E-state index in [0.29, 0.717) is 11.8 Å². The summed E-state index contributed by atoms with van der Waals surface area (Å²) in [6.07, 6.45) is 9.69. The van der Waals surface area contributed by atoms with Crippen molar-refractivity contribution in [3.8, 4) is 0 Å². The van der Waals surface area contributed by atoms with Gasteiger partial charge in [-0.2, -0.15) is 0 Å². The molecule has 15 heavy (non-hydrogen) atoms. The second kappa shape index (κ2) is 3.22. The average Bonchev–Trinajstić information content (AvgIpc) is 2.89. The molecule has 0 spiro atoms. The number of esters is 1. The smallest absolute Gasteiger partial charge is 0.330 e. The van der Waals surface area contributed by atoms with Gasteiger partial charge in [0.2, 0.25) is 0 Å². The molecular formula is C13H16O2. The maximum Gasteiger partial charge on any atom is 0.330 e. The Hall–Kier alpha value is -1.05. The quantitative estimate of drug-likeness (QED) is 0.392. The van der Waals surface area contributed by atoms with Crippen LogP contribution in [0.2, 0.25) is 0 Å². The van der Waals surface area contributed by atoms with E-state index in [9.17, 15) is 4.79 Å². The summed E-state index contributed by atoms with van der Waals surface area (Å²) in [5, 5.41) is 0. The molecule has 3 rings (SSSR count). The third kappa shape index (κ3) is 1.27. The number of rotatable bonds is 2. The monoisotopic (exact) mass is 204 g/mol. The fourth-order valence-electron chi connectivity index (χ4n) is 3.82. The first-order chi connectivity index (χ1) is 7.29. The van der Waals surface area contributed by atoms with E-state index in [-0.39, 0.29) is 12.1 Å². The van der Waals surface area contributed by atoms with Gasteiger partial charge in [0.05, 0.1) is 0 Å². The largest absolute Gasteiger partial charge is 0.455 e. The van der Waals surface area contributed by atoms with E-state index in [1.54, 1.807) is 0 Å². The third-order valence-corrected chi connectivity index (χ3v) is 4.37. The Bertz CT molecular complexity index is 331. The lowest BCUT2D eigenvalue weighted by Crippen LogP contribution is -2.29. The Morgan fingerprint density at radius 3 is 2.93 bits per heavy atom. The van der Waals surface area contributed by atoms with Gasteiger partial charge in [0.15, 0.2) is 0 Å². The molecule has 0 aromatic rings. The van der Waals surface area contributed by atoms with Crippen LogP contribution in [0.3, 0.4) is 0 Å². The molecule has 0 aromatic carbocycles. The highest BCUT2D eigenvalue weighted by Crippen LogP contribution is 2.56. The van der Waals surface area contributed by atoms with E-state index in [4.69, 9.17) is 4.74 Å². The Balaban J connectivity index is 1.75. The van der Waals surface area contributed by atoms with Crippen LogP contribution in [0.1, 0.15) is 19.3 Å². The van der Waals surface area contributed by atoms with Gasteiger partial charge in [-0.15, -0.1) is 0 Å². The summed E-state index contributed by atoms with van der Waals surface area (Å²) in [5.41, 5.74) is 0. The highest BCUT2D eigenvalue weighted by molar-refractivity contribution is 5.81. The van der Waals surface area contributed by atoms with Gasteiger partial charge in [-0.25, -0.2) is 4.79 Å². The molecule has 0 N–H and O–H groups in total. The predicted octanol–water partition coefficient (Wildman–Crippen LogP) is 2.32. The Morgan fingerprint density at radius 2 is 2.13 bits per heavy atom. The van der Waals surface area contributed by atoms with Crippen molar-refractivity contribution in [2.75, 3.05) is 0 Å². The number of allylic oxidation sites excluding steroid dienone is 1. The van der Waals surface area contributed by atoms with Crippen LogP contribution in [-0.4, -0.2) is 12.1 Å². The molecule has 2 heteroatoms. The van der Waals surface area contributed by atoms with Crippen molar-refractivity contribution in [1.82, 2.24) is 0 Å². The topological polar surface area (TPSA) is 26.3 Å². The lowest BCUT2D eigenvalue weighted by Gasteiger charge is -2.28. The van der Waals surface area contributed by atoms with Gasteiger partial charge in [-0.3, -0.25) is 0 Å². The first kappa shape index (κ1) is 9.20. The van der Waals surface area contributed by atoms with E-state index in [1.165, 1.54) is 25.3 Å². The first-order valence-corrected chi connectivity index (χ1v) is 5.81. The lowest BCUT2D eigenvalue weighted by molar-refractivity contribution is -0.143. The van der Waals surface area contributed by atoms with Crippen LogP contribution >= 0.6 is 0 Å². The van der Waals surface area contributed by atoms with Crippen LogP contribution < -0.4 is 0 Å². The van der Waals surface area contributed by atoms with Crippen LogP contribution in [0, 0.1) is 23.7 Å². The fraction of sp³-hybridized carbons (Fsp3) is 0.615. The Kier molecular flexibility index (Phi) is 1.98. The average molecular weight is 204 g/mol. The summed E-state index contributed by atoms with van der Waals surface area (Å²) in [6, 6.07) is 0. The standard InChI is InChI=1S/C13H16O2/c1-2-12(14)15-11-6-5-10-8-3-4-9(7-8)13(10)11/h2,5-6,8-11,13H,1,3-4,7H2/t8-,9+,10-,11-,13-/m1/s1. The van der Waals surface area contributed by atoms with Crippen molar-refractivity contribution in [3.05, 3.63) is 24.8 Å². The number of carbonyl (C=O) groups is 1. The molecule has 0 aromatic heterocycles. The van der Waals surface area contributed by atoms with Crippen molar-refractivity contribution < 1.29 is 9.53 Å². The minimum Gasteiger partial charge on any atom is -0.455 e. The molecule has 0 aliphatic heterocycles. The number of ether oxygens (including phenoxy) is 1. The van der Waals surface area contributed by atoms with Gasteiger partial charge in [0.1, 0.15) is 6.10 Å². The minimum atomic E-state index is -0.284. The van der Waals surface area contributed by atoms with Crippen molar-refractivity contribution in [1.29, 1.82) is 0 Å². The summed E-state index contributed by atoms with van der Waals surface area (Å²) in [7, 11) is 0. The molecule has 0 unspecified atom stereocenters. The fourth-order valence-corrected chi connectivity index (χ4v) is 3.82. The normalized spacial score (nSPS) is 45.5. The van der Waals surface area contributed by atoms with Crippen molar-refractivity contribution >= 4 is 5.97 Å². The van der Waals surface area contributed by atoms with E-state index < -0.39 is 0 Å². The molecule has 0 amide bonds. The molecule has 0 heterocycles. The van der Waals surface area contributed by atoms with E-state index >= 15 is 0 Å². The van der Waals surface area contributed by atoms with Gasteiger partial charge in [0, 0.05) is 12.0 Å². The van der Waals surface area contributed by atoms with Crippen LogP contribution in [0.15, 0.2) is 24.8 Å². The van der Waals surface area contributed by atoms with Crippen molar-refractivity contribution in [2.45, 2.75) is 25.4 Å². The maximum absolute atomic E-state index is 11.2. The molecule has 0 saturated heterocycles. The molecule has 2 saturated carbocycles. The maximum atomic E-state index is 11.2. The van der Waals surface area contributed by atoms with Crippen LogP contribution in [0.4, 0.5) is 0 Å². The Morgan fingerprint density at radius 1 is 1.33 bits per heavy atom. The summed E-state index contributed by atoms with van der Waals surface area (Å²) >= 11 is 0. The highest BCUT2D eigenvalue weighted by atomic mass is 16.5. The Labute approximate surface area is 90.0 Å². The van der Waals surface area contributed by atoms with Gasteiger partial charge in [-0.05, 0) is 43.1 Å². The zero-order valence-corrected chi connectivity index (χ0v) is 8.76. The lowest BCUT2D eigenvalue weighted by atomic mass is 9.80. The molecule has 2 bridgehead atoms. The predicted molar refractivity (Wildman–Crippen MR) is 57.0 cm³/mol. The minimum absolute atomic E-state index is 0.0239. The zero-order chi connectivity index (χ0) is 10.4. The molecule has 3 aliphatic carbocycles. The molecule has 3 aliphatic rings. The highest BCUT2D eigenvalue weighted by Gasteiger charge is 2.52. The summed E-state index contributed by atoms with van der Waals surface area (Å²) in [6.45, 7) is 3.44. The second-order valence-corrected chi connectivity index (χ2v) is 4.98. The van der Waals surface area contributed by atoms with Crippen LogP contribution in [0.5, 0.6) is 0 Å². The van der Waals surface area contributed by atoms with E-state index in [1.807, 2.05) is 0 Å². The molecule has 2 nitrogen and oxygen atoms in total. The van der Waals surface area contributed by atoms with Crippen molar-refractivity contribution in [3.63, 3.8) is 0 Å². The molecule has 5 atom stereocenters. The van der Waals surface area contributed by atoms with Gasteiger partial charge >= 0.3 is 5.97 Å². The third-order valence-electron chi connectivity index (χ3n) is 4.37. The SMILES string of the molecule is C=CC(=O)O[C@@H]1C=C[C@@H]2[C@@H]3CC[C@@H](C3)[C@H]21. The summed E-state index contributed by atoms with van der Waals surface area (Å²) in [4.78, 5) is 11.2. The second-order valence-electron chi connectivity index (χ2n) is 4.98. The van der Waals surface area contributed by atoms with Crippen LogP contribution in [0.25, 0.3) is 0 Å². The summed E-state index contributed by atoms with van der Waals surface area (Å²) < 4.78 is 5.38. The number of hydrogen-bond donors (Lipinski definition) is 0. The molecule has 0 radical (unpaired) electrons. The van der Waals surface area contributed by atoms with Gasteiger partial charge < -0.3 is 4.74 Å². The van der Waals surface area contributed by atoms with Crippen molar-refractivity contribution in [2.24, 2.45) is 23.7 Å². The number of hydrogen-bond acceptors (Lipinski definition) is 2. The number of carbonyl (C=O) groups excluding carboxylic acids is 1. The number of fused-ring (bicyclic) bond motifs is 5. The molecule has 2 fully saturated rings. The molecule has 80 valence electrons.